The van der Waals surface area contributed by atoms with Crippen molar-refractivity contribution in [3.8, 4) is 11.5 Å². The molecule has 1 aromatic carbocycles. The molecule has 88 valence electrons. The fraction of sp³-hybridized carbons (Fsp3) is 0.273. The van der Waals surface area contributed by atoms with Gasteiger partial charge in [0, 0.05) is 6.04 Å². The van der Waals surface area contributed by atoms with Crippen LogP contribution in [0.2, 0.25) is 0 Å². The number of hydrogen-bond acceptors (Lipinski definition) is 5. The zero-order chi connectivity index (χ0) is 11.7. The summed E-state index contributed by atoms with van der Waals surface area (Å²) in [7, 11) is 0. The summed E-state index contributed by atoms with van der Waals surface area (Å²) < 4.78 is 12.3. The van der Waals surface area contributed by atoms with E-state index < -0.39 is 0 Å². The molecule has 3 rings (SSSR count). The second-order valence-electron chi connectivity index (χ2n) is 3.84. The minimum atomic E-state index is -0.147. The second kappa shape index (κ2) is 4.06. The highest BCUT2D eigenvalue weighted by molar-refractivity contribution is 5.45. The van der Waals surface area contributed by atoms with Crippen LogP contribution >= 0.6 is 0 Å². The van der Waals surface area contributed by atoms with Gasteiger partial charge >= 0.3 is 0 Å². The van der Waals surface area contributed by atoms with E-state index in [0.717, 1.165) is 17.1 Å². The molecule has 0 saturated carbocycles. The second-order valence-corrected chi connectivity index (χ2v) is 3.84. The van der Waals surface area contributed by atoms with Gasteiger partial charge in [0.05, 0.1) is 6.54 Å². The van der Waals surface area contributed by atoms with E-state index in [2.05, 4.69) is 10.1 Å². The Kier molecular flexibility index (Phi) is 2.41. The van der Waals surface area contributed by atoms with Crippen LogP contribution in [-0.2, 0) is 6.54 Å². The van der Waals surface area contributed by atoms with Crippen molar-refractivity contribution in [1.82, 2.24) is 14.8 Å². The van der Waals surface area contributed by atoms with Crippen LogP contribution in [0.5, 0.6) is 11.5 Å². The van der Waals surface area contributed by atoms with Crippen LogP contribution in [0.1, 0.15) is 11.6 Å². The number of ether oxygens (including phenoxy) is 2. The first-order chi connectivity index (χ1) is 8.33. The van der Waals surface area contributed by atoms with Gasteiger partial charge in [0.2, 0.25) is 6.79 Å². The minimum Gasteiger partial charge on any atom is -0.454 e. The maximum atomic E-state index is 6.10. The van der Waals surface area contributed by atoms with Gasteiger partial charge in [0.15, 0.2) is 11.5 Å². The predicted molar refractivity (Wildman–Crippen MR) is 59.5 cm³/mol. The van der Waals surface area contributed by atoms with Gasteiger partial charge in [-0.1, -0.05) is 6.07 Å². The van der Waals surface area contributed by atoms with Crippen molar-refractivity contribution in [3.63, 3.8) is 0 Å². The third-order valence-electron chi connectivity index (χ3n) is 2.68. The van der Waals surface area contributed by atoms with Gasteiger partial charge in [-0.25, -0.2) is 4.98 Å². The van der Waals surface area contributed by atoms with Gasteiger partial charge in [-0.3, -0.25) is 4.68 Å². The van der Waals surface area contributed by atoms with E-state index in [9.17, 15) is 0 Å². The number of nitrogens with two attached hydrogens (primary N) is 1. The molecule has 2 aromatic rings. The smallest absolute Gasteiger partial charge is 0.231 e. The molecule has 6 heteroatoms. The molecule has 0 spiro atoms. The van der Waals surface area contributed by atoms with E-state index in [1.807, 2.05) is 18.2 Å². The van der Waals surface area contributed by atoms with Crippen LogP contribution < -0.4 is 15.2 Å². The van der Waals surface area contributed by atoms with Crippen LogP contribution in [0.3, 0.4) is 0 Å². The Morgan fingerprint density at radius 2 is 2.24 bits per heavy atom. The number of nitrogens with zero attached hydrogens (tertiary/aromatic N) is 3. The Morgan fingerprint density at radius 3 is 3.06 bits per heavy atom. The molecule has 1 atom stereocenters. The fourth-order valence-electron chi connectivity index (χ4n) is 1.78. The molecule has 0 amide bonds. The zero-order valence-electron chi connectivity index (χ0n) is 9.11. The molecule has 1 aromatic heterocycles. The van der Waals surface area contributed by atoms with E-state index >= 15 is 0 Å². The van der Waals surface area contributed by atoms with Crippen molar-refractivity contribution >= 4 is 0 Å². The Morgan fingerprint density at radius 1 is 1.35 bits per heavy atom. The average molecular weight is 232 g/mol. The van der Waals surface area contributed by atoms with E-state index in [-0.39, 0.29) is 12.8 Å². The zero-order valence-corrected chi connectivity index (χ0v) is 9.11. The standard InChI is InChI=1S/C11H12N4O2/c12-9(4-15-6-13-5-14-15)8-1-2-10-11(3-8)17-7-16-10/h1-3,5-6,9H,4,7,12H2. The number of fused-ring (bicyclic) bond motifs is 1. The third-order valence-corrected chi connectivity index (χ3v) is 2.68. The fourth-order valence-corrected chi connectivity index (χ4v) is 1.78. The van der Waals surface area contributed by atoms with Gasteiger partial charge in [-0.05, 0) is 17.7 Å². The normalized spacial score (nSPS) is 14.9. The van der Waals surface area contributed by atoms with Gasteiger partial charge in [-0.15, -0.1) is 0 Å². The van der Waals surface area contributed by atoms with Crippen LogP contribution in [0.4, 0.5) is 0 Å². The Labute approximate surface area is 98.0 Å². The molecule has 1 unspecified atom stereocenters. The lowest BCUT2D eigenvalue weighted by atomic mass is 10.1. The highest BCUT2D eigenvalue weighted by Crippen LogP contribution is 2.33. The maximum absolute atomic E-state index is 6.10. The van der Waals surface area contributed by atoms with E-state index in [4.69, 9.17) is 15.2 Å². The van der Waals surface area contributed by atoms with Crippen LogP contribution in [0.15, 0.2) is 30.9 Å². The Hall–Kier alpha value is -2.08. The van der Waals surface area contributed by atoms with E-state index in [1.54, 1.807) is 11.0 Å². The average Bonchev–Trinajstić information content (AvgIpc) is 2.97. The minimum absolute atomic E-state index is 0.147. The molecule has 6 nitrogen and oxygen atoms in total. The molecular formula is C11H12N4O2. The predicted octanol–water partition coefficient (Wildman–Crippen LogP) is 0.707. The Bertz CT molecular complexity index is 512. The molecule has 2 heterocycles. The maximum Gasteiger partial charge on any atom is 0.231 e. The van der Waals surface area contributed by atoms with Crippen molar-refractivity contribution in [1.29, 1.82) is 0 Å². The highest BCUT2D eigenvalue weighted by Gasteiger charge is 2.16. The summed E-state index contributed by atoms with van der Waals surface area (Å²) in [6.45, 7) is 0.858. The van der Waals surface area contributed by atoms with E-state index in [0.29, 0.717) is 6.54 Å². The lowest BCUT2D eigenvalue weighted by molar-refractivity contribution is 0.174. The summed E-state index contributed by atoms with van der Waals surface area (Å²) in [6.07, 6.45) is 3.14. The summed E-state index contributed by atoms with van der Waals surface area (Å²) in [4.78, 5) is 3.88. The summed E-state index contributed by atoms with van der Waals surface area (Å²) >= 11 is 0. The number of benzene rings is 1. The first kappa shape index (κ1) is 10.1. The number of rotatable bonds is 3. The number of aromatic nitrogens is 3. The lowest BCUT2D eigenvalue weighted by Crippen LogP contribution is -2.17. The molecule has 0 saturated heterocycles. The first-order valence-corrected chi connectivity index (χ1v) is 5.30. The largest absolute Gasteiger partial charge is 0.454 e. The van der Waals surface area contributed by atoms with Crippen molar-refractivity contribution < 1.29 is 9.47 Å². The molecule has 0 fully saturated rings. The van der Waals surface area contributed by atoms with Crippen molar-refractivity contribution in [2.24, 2.45) is 5.73 Å². The first-order valence-electron chi connectivity index (χ1n) is 5.30. The lowest BCUT2D eigenvalue weighted by Gasteiger charge is -2.12. The Balaban J connectivity index is 1.79. The molecule has 0 radical (unpaired) electrons. The van der Waals surface area contributed by atoms with Crippen molar-refractivity contribution in [2.45, 2.75) is 12.6 Å². The van der Waals surface area contributed by atoms with Gasteiger partial charge < -0.3 is 15.2 Å². The van der Waals surface area contributed by atoms with Crippen LogP contribution in [0, 0.1) is 0 Å². The molecule has 1 aliphatic rings. The molecule has 17 heavy (non-hydrogen) atoms. The molecule has 2 N–H and O–H groups in total. The summed E-state index contributed by atoms with van der Waals surface area (Å²) in [5.41, 5.74) is 7.09. The molecular weight excluding hydrogens is 220 g/mol. The monoisotopic (exact) mass is 232 g/mol. The highest BCUT2D eigenvalue weighted by atomic mass is 16.7. The van der Waals surface area contributed by atoms with Crippen molar-refractivity contribution in [3.05, 3.63) is 36.4 Å². The van der Waals surface area contributed by atoms with Crippen LogP contribution in [0.25, 0.3) is 0 Å². The van der Waals surface area contributed by atoms with Gasteiger partial charge in [0.1, 0.15) is 12.7 Å². The van der Waals surface area contributed by atoms with E-state index in [1.165, 1.54) is 6.33 Å². The molecule has 0 bridgehead atoms. The summed E-state index contributed by atoms with van der Waals surface area (Å²) in [5.74, 6) is 1.51. The third kappa shape index (κ3) is 1.94. The summed E-state index contributed by atoms with van der Waals surface area (Å²) in [6, 6.07) is 5.57. The van der Waals surface area contributed by atoms with Gasteiger partial charge in [0.25, 0.3) is 0 Å². The quantitative estimate of drug-likeness (QED) is 0.843. The van der Waals surface area contributed by atoms with Gasteiger partial charge in [-0.2, -0.15) is 5.10 Å². The topological polar surface area (TPSA) is 75.2 Å². The number of hydrogen-bond donors (Lipinski definition) is 1. The van der Waals surface area contributed by atoms with Crippen LogP contribution in [-0.4, -0.2) is 21.6 Å². The summed E-state index contributed by atoms with van der Waals surface area (Å²) in [5, 5.41) is 4.02. The molecule has 1 aliphatic heterocycles. The SMILES string of the molecule is NC(Cn1cncn1)c1ccc2c(c1)OCO2. The van der Waals surface area contributed by atoms with Crippen molar-refractivity contribution in [2.75, 3.05) is 6.79 Å². The molecule has 0 aliphatic carbocycles.